The van der Waals surface area contributed by atoms with Crippen LogP contribution in [0.2, 0.25) is 10.0 Å². The molecule has 0 atom stereocenters. The van der Waals surface area contributed by atoms with E-state index in [0.29, 0.717) is 56.1 Å². The van der Waals surface area contributed by atoms with Gasteiger partial charge in [0.15, 0.2) is 5.78 Å². The van der Waals surface area contributed by atoms with Gasteiger partial charge in [0.2, 0.25) is 0 Å². The summed E-state index contributed by atoms with van der Waals surface area (Å²) < 4.78 is 6.04. The smallest absolute Gasteiger partial charge is 0.163 e. The first kappa shape index (κ1) is 26.2. The van der Waals surface area contributed by atoms with Crippen LogP contribution in [0.5, 0.6) is 11.5 Å². The first-order chi connectivity index (χ1) is 17.0. The molecule has 7 heteroatoms. The van der Waals surface area contributed by atoms with E-state index in [-0.39, 0.29) is 16.9 Å². The maximum absolute atomic E-state index is 13.1. The quantitative estimate of drug-likeness (QED) is 0.334. The monoisotopic (exact) mass is 521 g/mol. The van der Waals surface area contributed by atoms with Gasteiger partial charge in [-0.15, -0.1) is 0 Å². The largest absolute Gasteiger partial charge is 0.454 e. The Labute approximate surface area is 222 Å². The summed E-state index contributed by atoms with van der Waals surface area (Å²) in [6.45, 7) is 8.73. The van der Waals surface area contributed by atoms with Crippen molar-refractivity contribution in [1.29, 1.82) is 5.26 Å². The molecule has 1 aromatic heterocycles. The van der Waals surface area contributed by atoms with Gasteiger partial charge in [-0.05, 0) is 76.8 Å². The lowest BCUT2D eigenvalue weighted by Gasteiger charge is -2.46. The second-order valence-corrected chi connectivity index (χ2v) is 11.5. The number of piperidine rings is 1. The zero-order valence-electron chi connectivity index (χ0n) is 20.9. The Bertz CT molecular complexity index is 1330. The number of hydrogen-bond donors (Lipinski definition) is 1. The fourth-order valence-electron chi connectivity index (χ4n) is 5.48. The SMILES string of the molecule is CC1(C)CC(CC(=O)c2ccc(Oc3cccc(-c4ccncc4Cl)c3C#N)c(Cl)c2)CC(C)(C)N1. The van der Waals surface area contributed by atoms with E-state index < -0.39 is 0 Å². The number of nitrogens with one attached hydrogen (secondary N) is 1. The van der Waals surface area contributed by atoms with Gasteiger partial charge in [-0.2, -0.15) is 5.26 Å². The van der Waals surface area contributed by atoms with Crippen LogP contribution < -0.4 is 10.1 Å². The Morgan fingerprint density at radius 2 is 1.78 bits per heavy atom. The molecule has 1 saturated heterocycles. The third kappa shape index (κ3) is 5.90. The van der Waals surface area contributed by atoms with Crippen LogP contribution in [0.4, 0.5) is 0 Å². The molecule has 2 heterocycles. The molecule has 0 bridgehead atoms. The van der Waals surface area contributed by atoms with Crippen LogP contribution in [0.1, 0.15) is 62.9 Å². The zero-order chi connectivity index (χ0) is 26.1. The van der Waals surface area contributed by atoms with Crippen LogP contribution in [0.15, 0.2) is 54.9 Å². The number of hydrogen-bond acceptors (Lipinski definition) is 5. The summed E-state index contributed by atoms with van der Waals surface area (Å²) in [7, 11) is 0. The van der Waals surface area contributed by atoms with Gasteiger partial charge in [-0.1, -0.05) is 35.3 Å². The highest BCUT2D eigenvalue weighted by molar-refractivity contribution is 6.33. The van der Waals surface area contributed by atoms with E-state index in [1.807, 2.05) is 0 Å². The number of rotatable bonds is 6. The van der Waals surface area contributed by atoms with Gasteiger partial charge in [0.25, 0.3) is 0 Å². The molecule has 1 fully saturated rings. The number of Topliss-reactive ketones (excluding diaryl/α,β-unsaturated/α-hetero) is 1. The van der Waals surface area contributed by atoms with Crippen LogP contribution in [-0.4, -0.2) is 21.8 Å². The molecule has 1 aliphatic heterocycles. The normalized spacial score (nSPS) is 16.8. The molecule has 0 radical (unpaired) electrons. The number of carbonyl (C=O) groups excluding carboxylic acids is 1. The Kier molecular flexibility index (Phi) is 7.43. The Morgan fingerprint density at radius 1 is 1.06 bits per heavy atom. The van der Waals surface area contributed by atoms with Crippen molar-refractivity contribution in [1.82, 2.24) is 10.3 Å². The molecule has 0 spiro atoms. The minimum absolute atomic E-state index is 0.0183. The Hall–Kier alpha value is -2.91. The van der Waals surface area contributed by atoms with Crippen LogP contribution in [0.25, 0.3) is 11.1 Å². The van der Waals surface area contributed by atoms with E-state index in [2.05, 4.69) is 44.1 Å². The molecule has 0 amide bonds. The van der Waals surface area contributed by atoms with E-state index in [4.69, 9.17) is 27.9 Å². The standard InChI is InChI=1S/C29H29Cl2N3O2/c1-28(2)14-18(15-29(3,4)34-28)12-25(35)19-8-9-27(23(30)13-19)36-26-7-5-6-20(22(26)16-32)21-10-11-33-17-24(21)31/h5-11,13,17-18,34H,12,14-15H2,1-4H3. The maximum atomic E-state index is 13.1. The van der Waals surface area contributed by atoms with Crippen molar-refractivity contribution in [3.8, 4) is 28.7 Å². The molecule has 4 rings (SSSR count). The van der Waals surface area contributed by atoms with E-state index in [1.54, 1.807) is 48.7 Å². The van der Waals surface area contributed by atoms with Gasteiger partial charge in [0.1, 0.15) is 23.1 Å². The fraction of sp³-hybridized carbons (Fsp3) is 0.345. The summed E-state index contributed by atoms with van der Waals surface area (Å²) in [6, 6.07) is 14.3. The lowest BCUT2D eigenvalue weighted by Crippen LogP contribution is -2.57. The van der Waals surface area contributed by atoms with Crippen molar-refractivity contribution in [3.05, 3.63) is 76.0 Å². The third-order valence-corrected chi connectivity index (χ3v) is 7.02. The van der Waals surface area contributed by atoms with Crippen molar-refractivity contribution >= 4 is 29.0 Å². The summed E-state index contributed by atoms with van der Waals surface area (Å²) >= 11 is 12.8. The highest BCUT2D eigenvalue weighted by Crippen LogP contribution is 2.39. The number of ether oxygens (including phenoxy) is 1. The van der Waals surface area contributed by atoms with Gasteiger partial charge in [-0.25, -0.2) is 0 Å². The van der Waals surface area contributed by atoms with Crippen LogP contribution in [0.3, 0.4) is 0 Å². The lowest BCUT2D eigenvalue weighted by atomic mass is 9.74. The molecular weight excluding hydrogens is 493 g/mol. The van der Waals surface area contributed by atoms with Crippen molar-refractivity contribution in [3.63, 3.8) is 0 Å². The van der Waals surface area contributed by atoms with Gasteiger partial charge in [0.05, 0.1) is 10.0 Å². The predicted molar refractivity (Wildman–Crippen MR) is 144 cm³/mol. The second-order valence-electron chi connectivity index (χ2n) is 10.7. The maximum Gasteiger partial charge on any atom is 0.163 e. The molecule has 0 unspecified atom stereocenters. The predicted octanol–water partition coefficient (Wildman–Crippen LogP) is 7.85. The van der Waals surface area contributed by atoms with E-state index in [0.717, 1.165) is 12.8 Å². The summed E-state index contributed by atoms with van der Waals surface area (Å²) in [5.74, 6) is 1.07. The first-order valence-corrected chi connectivity index (χ1v) is 12.7. The average molecular weight is 522 g/mol. The molecule has 0 aliphatic carbocycles. The number of carbonyl (C=O) groups is 1. The lowest BCUT2D eigenvalue weighted by molar-refractivity contribution is 0.0864. The molecule has 2 aromatic carbocycles. The van der Waals surface area contributed by atoms with Crippen LogP contribution >= 0.6 is 23.2 Å². The molecule has 36 heavy (non-hydrogen) atoms. The fourth-order valence-corrected chi connectivity index (χ4v) is 5.92. The highest BCUT2D eigenvalue weighted by atomic mass is 35.5. The minimum atomic E-state index is -0.0183. The number of aromatic nitrogens is 1. The summed E-state index contributed by atoms with van der Waals surface area (Å²) in [5, 5.41) is 14.3. The summed E-state index contributed by atoms with van der Waals surface area (Å²) in [4.78, 5) is 17.1. The number of nitriles is 1. The zero-order valence-corrected chi connectivity index (χ0v) is 22.4. The number of nitrogens with zero attached hydrogens (tertiary/aromatic N) is 2. The Morgan fingerprint density at radius 3 is 2.42 bits per heavy atom. The number of ketones is 1. The van der Waals surface area contributed by atoms with Crippen molar-refractivity contribution in [2.45, 2.75) is 58.0 Å². The van der Waals surface area contributed by atoms with Crippen molar-refractivity contribution in [2.75, 3.05) is 0 Å². The molecule has 3 aromatic rings. The summed E-state index contributed by atoms with van der Waals surface area (Å²) in [5.41, 5.74) is 2.17. The molecule has 5 nitrogen and oxygen atoms in total. The van der Waals surface area contributed by atoms with Crippen molar-refractivity contribution in [2.24, 2.45) is 5.92 Å². The topological polar surface area (TPSA) is 75.0 Å². The highest BCUT2D eigenvalue weighted by Gasteiger charge is 2.38. The van der Waals surface area contributed by atoms with Gasteiger partial charge >= 0.3 is 0 Å². The van der Waals surface area contributed by atoms with Gasteiger partial charge in [0, 0.05) is 46.6 Å². The van der Waals surface area contributed by atoms with Gasteiger partial charge < -0.3 is 10.1 Å². The summed E-state index contributed by atoms with van der Waals surface area (Å²) in [6.07, 6.45) is 5.49. The van der Waals surface area contributed by atoms with E-state index in [9.17, 15) is 10.1 Å². The average Bonchev–Trinajstić information content (AvgIpc) is 2.78. The molecule has 0 saturated carbocycles. The third-order valence-electron chi connectivity index (χ3n) is 6.42. The Balaban J connectivity index is 1.54. The van der Waals surface area contributed by atoms with Crippen LogP contribution in [-0.2, 0) is 0 Å². The number of benzene rings is 2. The van der Waals surface area contributed by atoms with Crippen molar-refractivity contribution < 1.29 is 9.53 Å². The number of pyridine rings is 1. The first-order valence-electron chi connectivity index (χ1n) is 11.9. The molecule has 1 aliphatic rings. The molecule has 186 valence electrons. The van der Waals surface area contributed by atoms with Crippen LogP contribution in [0, 0.1) is 17.2 Å². The number of halogens is 2. The molecular formula is C29H29Cl2N3O2. The minimum Gasteiger partial charge on any atom is -0.454 e. The molecule has 1 N–H and O–H groups in total. The van der Waals surface area contributed by atoms with E-state index >= 15 is 0 Å². The second kappa shape index (κ2) is 10.2. The van der Waals surface area contributed by atoms with Gasteiger partial charge in [-0.3, -0.25) is 9.78 Å². The van der Waals surface area contributed by atoms with E-state index in [1.165, 1.54) is 6.20 Å².